The van der Waals surface area contributed by atoms with E-state index < -0.39 is 0 Å². The molecule has 3 heterocycles. The molecule has 0 atom stereocenters. The minimum absolute atomic E-state index is 0.0252. The van der Waals surface area contributed by atoms with Gasteiger partial charge in [-0.2, -0.15) is 0 Å². The van der Waals surface area contributed by atoms with Gasteiger partial charge in [-0.25, -0.2) is 4.40 Å². The summed E-state index contributed by atoms with van der Waals surface area (Å²) in [7, 11) is 0. The average molecular weight is 470 g/mol. The molecule has 0 spiro atoms. The van der Waals surface area contributed by atoms with Crippen molar-refractivity contribution < 1.29 is 0 Å². The molecule has 29 heavy (non-hydrogen) atoms. The zero-order chi connectivity index (χ0) is 19.8. The fourth-order valence-corrected chi connectivity index (χ4v) is 5.08. The second-order valence-electron chi connectivity index (χ2n) is 7.11. The van der Waals surface area contributed by atoms with E-state index in [0.717, 1.165) is 47.6 Å². The van der Waals surface area contributed by atoms with Gasteiger partial charge in [-0.05, 0) is 43.2 Å². The van der Waals surface area contributed by atoms with Crippen LogP contribution >= 0.6 is 27.7 Å². The highest BCUT2D eigenvalue weighted by Gasteiger charge is 2.22. The molecule has 4 aromatic rings. The maximum Gasteiger partial charge on any atom is 0.262 e. The second kappa shape index (κ2) is 7.84. The summed E-state index contributed by atoms with van der Waals surface area (Å²) in [6.45, 7) is 2.52. The molecule has 0 aliphatic carbocycles. The zero-order valence-corrected chi connectivity index (χ0v) is 18.2. The van der Waals surface area contributed by atoms with Gasteiger partial charge in [-0.1, -0.05) is 34.1 Å². The molecule has 1 fully saturated rings. The number of fused-ring (bicyclic) bond motifs is 3. The Bertz CT molecular complexity index is 1230. The molecule has 1 aliphatic heterocycles. The summed E-state index contributed by atoms with van der Waals surface area (Å²) in [4.78, 5) is 16.8. The van der Waals surface area contributed by atoms with Crippen molar-refractivity contribution in [3.05, 3.63) is 63.4 Å². The highest BCUT2D eigenvalue weighted by molar-refractivity contribution is 9.10. The van der Waals surface area contributed by atoms with Crippen molar-refractivity contribution in [2.75, 3.05) is 23.7 Å². The van der Waals surface area contributed by atoms with E-state index in [4.69, 9.17) is 0 Å². The SMILES string of the molecule is O=c1c2cc(Br)ccc2n2c(N3CCCC3)nnc2n1CCSc1ccccc1. The second-order valence-corrected chi connectivity index (χ2v) is 9.19. The Morgan fingerprint density at radius 2 is 1.83 bits per heavy atom. The van der Waals surface area contributed by atoms with Crippen LogP contribution in [0.2, 0.25) is 0 Å². The molecule has 6 nitrogen and oxygen atoms in total. The standard InChI is InChI=1S/C21H20BrN5OS/c22-15-8-9-18-17(14-15)19(28)26(12-13-29-16-6-2-1-3-7-16)21-24-23-20(27(18)21)25-10-4-5-11-25/h1-3,6-9,14H,4-5,10-13H2. The van der Waals surface area contributed by atoms with E-state index in [1.807, 2.05) is 40.8 Å². The molecule has 0 amide bonds. The number of halogens is 1. The van der Waals surface area contributed by atoms with Crippen LogP contribution in [-0.2, 0) is 6.54 Å². The van der Waals surface area contributed by atoms with Crippen molar-refractivity contribution in [3.8, 4) is 0 Å². The first-order valence-electron chi connectivity index (χ1n) is 9.72. The van der Waals surface area contributed by atoms with E-state index in [0.29, 0.717) is 17.7 Å². The minimum atomic E-state index is -0.0252. The largest absolute Gasteiger partial charge is 0.341 e. The third-order valence-electron chi connectivity index (χ3n) is 5.26. The molecule has 0 unspecified atom stereocenters. The van der Waals surface area contributed by atoms with Crippen LogP contribution in [-0.4, -0.2) is 38.0 Å². The molecule has 2 aromatic heterocycles. The first-order chi connectivity index (χ1) is 14.2. The number of aryl methyl sites for hydroxylation is 1. The summed E-state index contributed by atoms with van der Waals surface area (Å²) in [6.07, 6.45) is 2.32. The first-order valence-corrected chi connectivity index (χ1v) is 11.5. The van der Waals surface area contributed by atoms with E-state index in [2.05, 4.69) is 43.2 Å². The number of nitrogens with zero attached hydrogens (tertiary/aromatic N) is 5. The molecule has 0 bridgehead atoms. The molecule has 0 radical (unpaired) electrons. The summed E-state index contributed by atoms with van der Waals surface area (Å²) in [5, 5.41) is 9.59. The maximum atomic E-state index is 13.3. The van der Waals surface area contributed by atoms with E-state index >= 15 is 0 Å². The summed E-state index contributed by atoms with van der Waals surface area (Å²) >= 11 is 5.25. The van der Waals surface area contributed by atoms with Crippen LogP contribution in [0.5, 0.6) is 0 Å². The average Bonchev–Trinajstić information content (AvgIpc) is 3.41. The van der Waals surface area contributed by atoms with Crippen molar-refractivity contribution in [1.82, 2.24) is 19.2 Å². The van der Waals surface area contributed by atoms with Crippen LogP contribution in [0.15, 0.2) is 62.7 Å². The molecule has 148 valence electrons. The molecule has 1 aliphatic rings. The van der Waals surface area contributed by atoms with Crippen LogP contribution in [0.3, 0.4) is 0 Å². The fourth-order valence-electron chi connectivity index (χ4n) is 3.86. The number of anilines is 1. The molecule has 5 rings (SSSR count). The van der Waals surface area contributed by atoms with Gasteiger partial charge in [0.05, 0.1) is 10.9 Å². The number of rotatable bonds is 5. The Hall–Kier alpha value is -2.32. The number of aromatic nitrogens is 4. The molecule has 2 aromatic carbocycles. The lowest BCUT2D eigenvalue weighted by molar-refractivity contribution is 0.742. The van der Waals surface area contributed by atoms with Crippen LogP contribution in [0.25, 0.3) is 16.7 Å². The Balaban J connectivity index is 1.61. The molecular formula is C21H20BrN5OS. The summed E-state index contributed by atoms with van der Waals surface area (Å²) in [6, 6.07) is 16.1. The smallest absolute Gasteiger partial charge is 0.262 e. The molecule has 1 saturated heterocycles. The van der Waals surface area contributed by atoms with Crippen LogP contribution in [0.4, 0.5) is 5.95 Å². The van der Waals surface area contributed by atoms with Gasteiger partial charge in [0, 0.05) is 34.8 Å². The number of thioether (sulfide) groups is 1. The normalized spacial score (nSPS) is 14.3. The Labute approximate surface area is 180 Å². The Morgan fingerprint density at radius 1 is 1.03 bits per heavy atom. The quantitative estimate of drug-likeness (QED) is 0.410. The van der Waals surface area contributed by atoms with Gasteiger partial charge >= 0.3 is 0 Å². The third kappa shape index (κ3) is 3.44. The van der Waals surface area contributed by atoms with Crippen molar-refractivity contribution >= 4 is 50.3 Å². The van der Waals surface area contributed by atoms with Crippen LogP contribution < -0.4 is 10.5 Å². The lowest BCUT2D eigenvalue weighted by atomic mass is 10.2. The van der Waals surface area contributed by atoms with Gasteiger partial charge in [0.2, 0.25) is 11.7 Å². The highest BCUT2D eigenvalue weighted by Crippen LogP contribution is 2.25. The zero-order valence-electron chi connectivity index (χ0n) is 15.8. The van der Waals surface area contributed by atoms with E-state index in [1.54, 1.807) is 16.3 Å². The lowest BCUT2D eigenvalue weighted by Gasteiger charge is -2.17. The van der Waals surface area contributed by atoms with Crippen molar-refractivity contribution in [2.45, 2.75) is 24.3 Å². The van der Waals surface area contributed by atoms with Gasteiger partial charge in [-0.15, -0.1) is 22.0 Å². The Morgan fingerprint density at radius 3 is 2.62 bits per heavy atom. The monoisotopic (exact) mass is 469 g/mol. The predicted octanol–water partition coefficient (Wildman–Crippen LogP) is 4.20. The van der Waals surface area contributed by atoms with Gasteiger partial charge in [0.15, 0.2) is 0 Å². The minimum Gasteiger partial charge on any atom is -0.341 e. The number of hydrogen-bond donors (Lipinski definition) is 0. The van der Waals surface area contributed by atoms with Crippen molar-refractivity contribution in [2.24, 2.45) is 0 Å². The number of benzene rings is 2. The summed E-state index contributed by atoms with van der Waals surface area (Å²) in [5.41, 5.74) is 0.829. The van der Waals surface area contributed by atoms with E-state index in [-0.39, 0.29) is 5.56 Å². The maximum absolute atomic E-state index is 13.3. The molecular weight excluding hydrogens is 450 g/mol. The van der Waals surface area contributed by atoms with Gasteiger partial charge in [-0.3, -0.25) is 9.36 Å². The van der Waals surface area contributed by atoms with E-state index in [9.17, 15) is 4.79 Å². The summed E-state index contributed by atoms with van der Waals surface area (Å²) < 4.78 is 4.70. The van der Waals surface area contributed by atoms with E-state index in [1.165, 1.54) is 4.90 Å². The predicted molar refractivity (Wildman–Crippen MR) is 121 cm³/mol. The lowest BCUT2D eigenvalue weighted by Crippen LogP contribution is -2.26. The molecule has 8 heteroatoms. The Kier molecular flexibility index (Phi) is 5.05. The first kappa shape index (κ1) is 18.7. The fraction of sp³-hybridized carbons (Fsp3) is 0.286. The molecule has 0 saturated carbocycles. The molecule has 0 N–H and O–H groups in total. The topological polar surface area (TPSA) is 55.4 Å². The van der Waals surface area contributed by atoms with Crippen LogP contribution in [0.1, 0.15) is 12.8 Å². The number of hydrogen-bond acceptors (Lipinski definition) is 5. The third-order valence-corrected chi connectivity index (χ3v) is 6.75. The highest BCUT2D eigenvalue weighted by atomic mass is 79.9. The summed E-state index contributed by atoms with van der Waals surface area (Å²) in [5.74, 6) is 2.22. The van der Waals surface area contributed by atoms with Gasteiger partial charge < -0.3 is 4.90 Å². The van der Waals surface area contributed by atoms with Gasteiger partial charge in [0.25, 0.3) is 5.56 Å². The van der Waals surface area contributed by atoms with Crippen molar-refractivity contribution in [1.29, 1.82) is 0 Å². The van der Waals surface area contributed by atoms with Gasteiger partial charge in [0.1, 0.15) is 0 Å². The van der Waals surface area contributed by atoms with Crippen LogP contribution in [0, 0.1) is 0 Å². The van der Waals surface area contributed by atoms with Crippen molar-refractivity contribution in [3.63, 3.8) is 0 Å².